The van der Waals surface area contributed by atoms with Gasteiger partial charge in [0.05, 0.1) is 24.1 Å². The normalized spacial score (nSPS) is 11.0. The summed E-state index contributed by atoms with van der Waals surface area (Å²) in [6.45, 7) is 3.47. The molecule has 0 amide bonds. The lowest BCUT2D eigenvalue weighted by Gasteiger charge is -1.97. The summed E-state index contributed by atoms with van der Waals surface area (Å²) in [5.41, 5.74) is 4.37. The first kappa shape index (κ1) is 13.9. The lowest BCUT2D eigenvalue weighted by molar-refractivity contribution is 0.640. The summed E-state index contributed by atoms with van der Waals surface area (Å²) >= 11 is 1.66. The van der Waals surface area contributed by atoms with Crippen LogP contribution in [0.2, 0.25) is 0 Å². The van der Waals surface area contributed by atoms with E-state index in [2.05, 4.69) is 57.2 Å². The van der Waals surface area contributed by atoms with Crippen molar-refractivity contribution in [3.05, 3.63) is 52.8 Å². The molecule has 0 aliphatic heterocycles. The van der Waals surface area contributed by atoms with Crippen molar-refractivity contribution in [1.82, 2.24) is 25.3 Å². The van der Waals surface area contributed by atoms with Gasteiger partial charge in [-0.3, -0.25) is 0 Å². The van der Waals surface area contributed by atoms with Gasteiger partial charge >= 0.3 is 0 Å². The van der Waals surface area contributed by atoms with E-state index in [1.807, 2.05) is 17.9 Å². The van der Waals surface area contributed by atoms with Crippen LogP contribution in [-0.4, -0.2) is 27.0 Å². The van der Waals surface area contributed by atoms with Crippen molar-refractivity contribution < 1.29 is 0 Å². The molecule has 0 radical (unpaired) electrons. The van der Waals surface area contributed by atoms with Gasteiger partial charge in [-0.1, -0.05) is 35.0 Å². The Hall–Kier alpha value is -2.05. The average Bonchev–Trinajstić information content (AvgIpc) is 3.11. The summed E-state index contributed by atoms with van der Waals surface area (Å²) in [7, 11) is 1.90. The van der Waals surface area contributed by atoms with Gasteiger partial charge in [-0.15, -0.1) is 16.4 Å². The van der Waals surface area contributed by atoms with E-state index in [0.717, 1.165) is 28.5 Å². The molecule has 0 bridgehead atoms. The Morgan fingerprint density at radius 3 is 2.76 bits per heavy atom. The number of aryl methyl sites for hydroxylation is 1. The van der Waals surface area contributed by atoms with Crippen molar-refractivity contribution in [2.24, 2.45) is 0 Å². The highest BCUT2D eigenvalue weighted by Crippen LogP contribution is 2.24. The fourth-order valence-electron chi connectivity index (χ4n) is 2.05. The topological polar surface area (TPSA) is 55.6 Å². The number of rotatable bonds is 5. The number of hydrogen-bond donors (Lipinski definition) is 1. The van der Waals surface area contributed by atoms with Crippen LogP contribution in [-0.2, 0) is 13.1 Å². The van der Waals surface area contributed by atoms with E-state index in [0.29, 0.717) is 6.54 Å². The maximum Gasteiger partial charge on any atom is 0.123 e. The fourth-order valence-corrected chi connectivity index (χ4v) is 2.87. The van der Waals surface area contributed by atoms with Gasteiger partial charge in [0.25, 0.3) is 0 Å². The second-order valence-corrected chi connectivity index (χ2v) is 5.81. The smallest absolute Gasteiger partial charge is 0.123 e. The number of nitrogens with zero attached hydrogens (tertiary/aromatic N) is 4. The third-order valence-corrected chi connectivity index (χ3v) is 4.06. The quantitative estimate of drug-likeness (QED) is 0.786. The van der Waals surface area contributed by atoms with Crippen LogP contribution in [0.25, 0.3) is 10.6 Å². The second kappa shape index (κ2) is 6.15. The monoisotopic (exact) mass is 299 g/mol. The van der Waals surface area contributed by atoms with Gasteiger partial charge in [0, 0.05) is 17.5 Å². The molecule has 1 N–H and O–H groups in total. The molecule has 2 heterocycles. The molecule has 6 heteroatoms. The number of nitrogens with one attached hydrogen (secondary N) is 1. The van der Waals surface area contributed by atoms with Gasteiger partial charge < -0.3 is 5.32 Å². The van der Waals surface area contributed by atoms with Gasteiger partial charge in [-0.05, 0) is 14.0 Å². The Balaban J connectivity index is 1.73. The lowest BCUT2D eigenvalue weighted by Crippen LogP contribution is -2.05. The van der Waals surface area contributed by atoms with Crippen molar-refractivity contribution in [3.63, 3.8) is 0 Å². The minimum absolute atomic E-state index is 0.652. The highest BCUT2D eigenvalue weighted by molar-refractivity contribution is 7.13. The Kier molecular flexibility index (Phi) is 4.08. The number of aromatic nitrogens is 4. The first-order valence-corrected chi connectivity index (χ1v) is 7.67. The molecule has 21 heavy (non-hydrogen) atoms. The summed E-state index contributed by atoms with van der Waals surface area (Å²) < 4.78 is 1.82. The first-order chi connectivity index (χ1) is 10.2. The molecule has 5 nitrogen and oxygen atoms in total. The van der Waals surface area contributed by atoms with E-state index in [9.17, 15) is 0 Å². The van der Waals surface area contributed by atoms with Crippen LogP contribution in [0.1, 0.15) is 17.0 Å². The minimum atomic E-state index is 0.652. The second-order valence-electron chi connectivity index (χ2n) is 4.95. The van der Waals surface area contributed by atoms with Crippen molar-refractivity contribution in [3.8, 4) is 10.6 Å². The zero-order valence-electron chi connectivity index (χ0n) is 12.1. The summed E-state index contributed by atoms with van der Waals surface area (Å²) in [4.78, 5) is 4.67. The van der Waals surface area contributed by atoms with E-state index in [-0.39, 0.29) is 0 Å². The summed E-state index contributed by atoms with van der Waals surface area (Å²) in [6, 6.07) is 8.44. The predicted octanol–water partition coefficient (Wildman–Crippen LogP) is 2.48. The molecule has 0 saturated heterocycles. The Bertz CT molecular complexity index is 714. The highest BCUT2D eigenvalue weighted by Gasteiger charge is 2.06. The molecule has 2 aromatic heterocycles. The highest BCUT2D eigenvalue weighted by atomic mass is 32.1. The molecule has 108 valence electrons. The maximum atomic E-state index is 4.67. The molecule has 0 saturated carbocycles. The van der Waals surface area contributed by atoms with Crippen LogP contribution < -0.4 is 5.32 Å². The molecule has 0 aliphatic rings. The predicted molar refractivity (Wildman–Crippen MR) is 84.2 cm³/mol. The van der Waals surface area contributed by atoms with Crippen LogP contribution in [0.5, 0.6) is 0 Å². The first-order valence-electron chi connectivity index (χ1n) is 6.79. The standard InChI is InChI=1S/C15H17N5S/c1-11-3-5-12(6-4-11)15-17-14(10-21-15)9-20-8-13(7-16-2)18-19-20/h3-6,8,10,16H,7,9H2,1-2H3. The van der Waals surface area contributed by atoms with Gasteiger partial charge in [0.15, 0.2) is 0 Å². The molecular formula is C15H17N5S. The zero-order valence-corrected chi connectivity index (χ0v) is 12.9. The zero-order chi connectivity index (χ0) is 14.7. The van der Waals surface area contributed by atoms with Crippen molar-refractivity contribution in [1.29, 1.82) is 0 Å². The molecule has 0 unspecified atom stereocenters. The van der Waals surface area contributed by atoms with E-state index in [1.54, 1.807) is 11.3 Å². The average molecular weight is 299 g/mol. The Morgan fingerprint density at radius 1 is 1.19 bits per heavy atom. The van der Waals surface area contributed by atoms with E-state index < -0.39 is 0 Å². The molecule has 0 fully saturated rings. The van der Waals surface area contributed by atoms with Crippen LogP contribution >= 0.6 is 11.3 Å². The largest absolute Gasteiger partial charge is 0.314 e. The van der Waals surface area contributed by atoms with Gasteiger partial charge in [0.1, 0.15) is 5.01 Å². The van der Waals surface area contributed by atoms with Gasteiger partial charge in [-0.25, -0.2) is 9.67 Å². The number of benzene rings is 1. The maximum absolute atomic E-state index is 4.67. The van der Waals surface area contributed by atoms with Crippen molar-refractivity contribution in [2.45, 2.75) is 20.0 Å². The van der Waals surface area contributed by atoms with Crippen LogP contribution in [0.4, 0.5) is 0 Å². The summed E-state index contributed by atoms with van der Waals surface area (Å²) in [5, 5.41) is 14.4. The molecule has 3 rings (SSSR count). The Labute approximate surface area is 127 Å². The third-order valence-electron chi connectivity index (χ3n) is 3.12. The summed E-state index contributed by atoms with van der Waals surface area (Å²) in [5.74, 6) is 0. The van der Waals surface area contributed by atoms with Crippen molar-refractivity contribution >= 4 is 11.3 Å². The third kappa shape index (κ3) is 3.34. The number of hydrogen-bond acceptors (Lipinski definition) is 5. The van der Waals surface area contributed by atoms with Crippen LogP contribution in [0.15, 0.2) is 35.8 Å². The molecule has 0 spiro atoms. The SMILES string of the molecule is CNCc1cn(Cc2csc(-c3ccc(C)cc3)n2)nn1. The van der Waals surface area contributed by atoms with E-state index >= 15 is 0 Å². The number of thiazole rings is 1. The minimum Gasteiger partial charge on any atom is -0.314 e. The molecule has 0 aliphatic carbocycles. The van der Waals surface area contributed by atoms with Crippen LogP contribution in [0.3, 0.4) is 0 Å². The Morgan fingerprint density at radius 2 is 2.00 bits per heavy atom. The molecular weight excluding hydrogens is 282 g/mol. The van der Waals surface area contributed by atoms with Gasteiger partial charge in [0.2, 0.25) is 0 Å². The van der Waals surface area contributed by atoms with E-state index in [1.165, 1.54) is 5.56 Å². The molecule has 0 atom stereocenters. The van der Waals surface area contributed by atoms with Gasteiger partial charge in [-0.2, -0.15) is 0 Å². The fraction of sp³-hybridized carbons (Fsp3) is 0.267. The van der Waals surface area contributed by atoms with Crippen molar-refractivity contribution in [2.75, 3.05) is 7.05 Å². The summed E-state index contributed by atoms with van der Waals surface area (Å²) in [6.07, 6.45) is 1.95. The van der Waals surface area contributed by atoms with Crippen LogP contribution in [0, 0.1) is 6.92 Å². The van der Waals surface area contributed by atoms with E-state index in [4.69, 9.17) is 0 Å². The lowest BCUT2D eigenvalue weighted by atomic mass is 10.2. The molecule has 3 aromatic rings. The molecule has 1 aromatic carbocycles.